The van der Waals surface area contributed by atoms with E-state index in [2.05, 4.69) is 10.3 Å². The number of hydrogen-bond donors (Lipinski definition) is 3. The Labute approximate surface area is 248 Å². The molecule has 0 unspecified atom stereocenters. The summed E-state index contributed by atoms with van der Waals surface area (Å²) >= 11 is 12.5. The van der Waals surface area contributed by atoms with E-state index in [1.165, 1.54) is 0 Å². The molecule has 0 fully saturated rings. The van der Waals surface area contributed by atoms with Gasteiger partial charge in [0, 0.05) is 51.5 Å². The molecule has 0 radical (unpaired) electrons. The first kappa shape index (κ1) is 28.5. The van der Waals surface area contributed by atoms with Crippen molar-refractivity contribution in [3.05, 3.63) is 106 Å². The summed E-state index contributed by atoms with van der Waals surface area (Å²) in [5.74, 6) is -1.01. The number of carboxylic acid groups (broad SMARTS) is 1. The lowest BCUT2D eigenvalue weighted by molar-refractivity contribution is -0.137. The van der Waals surface area contributed by atoms with Crippen LogP contribution in [0.2, 0.25) is 10.0 Å². The summed E-state index contributed by atoms with van der Waals surface area (Å²) in [6.45, 7) is 0.483. The van der Waals surface area contributed by atoms with Gasteiger partial charge < -0.3 is 15.4 Å². The molecule has 3 N–H and O–H groups in total. The summed E-state index contributed by atoms with van der Waals surface area (Å²) in [6, 6.07) is 23.1. The zero-order valence-corrected chi connectivity index (χ0v) is 23.9. The van der Waals surface area contributed by atoms with Gasteiger partial charge in [-0.2, -0.15) is 5.10 Å². The molecule has 0 bridgehead atoms. The number of aliphatic carboxylic acids is 1. The second kappa shape index (κ2) is 13.1. The first-order valence-corrected chi connectivity index (χ1v) is 14.3. The molecule has 0 saturated carbocycles. The number of aromatic amines is 1. The van der Waals surface area contributed by atoms with Crippen LogP contribution < -0.4 is 5.32 Å². The Morgan fingerprint density at radius 2 is 1.63 bits per heavy atom. The molecule has 2 aromatic heterocycles. The number of carbonyl (C=O) groups excluding carboxylic acids is 1. The maximum absolute atomic E-state index is 13.7. The van der Waals surface area contributed by atoms with Crippen molar-refractivity contribution in [2.24, 2.45) is 0 Å². The van der Waals surface area contributed by atoms with Crippen LogP contribution in [0.5, 0.6) is 0 Å². The van der Waals surface area contributed by atoms with E-state index in [1.54, 1.807) is 0 Å². The van der Waals surface area contributed by atoms with E-state index in [0.717, 1.165) is 58.2 Å². The second-order valence-corrected chi connectivity index (χ2v) is 10.8. The number of halogens is 2. The van der Waals surface area contributed by atoms with Gasteiger partial charge in [-0.1, -0.05) is 72.4 Å². The predicted molar refractivity (Wildman–Crippen MR) is 163 cm³/mol. The van der Waals surface area contributed by atoms with Crippen LogP contribution in [0, 0.1) is 0 Å². The van der Waals surface area contributed by atoms with Gasteiger partial charge >= 0.3 is 5.97 Å². The lowest BCUT2D eigenvalue weighted by Gasteiger charge is -2.13. The van der Waals surface area contributed by atoms with Gasteiger partial charge in [-0.15, -0.1) is 0 Å². The maximum atomic E-state index is 13.7. The Morgan fingerprint density at radius 1 is 0.902 bits per heavy atom. The van der Waals surface area contributed by atoms with E-state index < -0.39 is 5.97 Å². The van der Waals surface area contributed by atoms with Crippen LogP contribution >= 0.6 is 23.2 Å². The average molecular weight is 590 g/mol. The fourth-order valence-electron chi connectivity index (χ4n) is 5.00. The monoisotopic (exact) mass is 588 g/mol. The molecule has 0 spiro atoms. The molecule has 0 aliphatic rings. The number of H-pyrrole nitrogens is 1. The third kappa shape index (κ3) is 6.81. The highest BCUT2D eigenvalue weighted by Crippen LogP contribution is 2.38. The Morgan fingerprint density at radius 3 is 2.39 bits per heavy atom. The van der Waals surface area contributed by atoms with Crippen LogP contribution in [0.1, 0.15) is 53.7 Å². The number of unbranched alkanes of at least 4 members (excludes halogenated alkanes) is 3. The maximum Gasteiger partial charge on any atom is 0.303 e. The molecule has 5 aromatic rings. The number of aromatic nitrogens is 3. The number of rotatable bonds is 12. The fraction of sp³-hybridized carbons (Fsp3) is 0.219. The van der Waals surface area contributed by atoms with Gasteiger partial charge in [0.2, 0.25) is 0 Å². The highest BCUT2D eigenvalue weighted by Gasteiger charge is 2.25. The molecule has 7 nitrogen and oxygen atoms in total. The highest BCUT2D eigenvalue weighted by molar-refractivity contribution is 6.31. The largest absolute Gasteiger partial charge is 0.481 e. The fourth-order valence-corrected chi connectivity index (χ4v) is 5.29. The Hall–Kier alpha value is -4.07. The van der Waals surface area contributed by atoms with Crippen molar-refractivity contribution in [1.82, 2.24) is 20.1 Å². The lowest BCUT2D eigenvalue weighted by Crippen LogP contribution is -2.25. The zero-order chi connectivity index (χ0) is 28.8. The summed E-state index contributed by atoms with van der Waals surface area (Å²) < 4.78 is 1.88. The van der Waals surface area contributed by atoms with Crippen LogP contribution in [0.25, 0.3) is 27.8 Å². The van der Waals surface area contributed by atoms with Crippen molar-refractivity contribution in [1.29, 1.82) is 0 Å². The van der Waals surface area contributed by atoms with Crippen LogP contribution in [-0.2, 0) is 11.2 Å². The van der Waals surface area contributed by atoms with E-state index in [1.807, 2.05) is 83.7 Å². The van der Waals surface area contributed by atoms with Crippen LogP contribution in [0.4, 0.5) is 0 Å². The number of carbonyl (C=O) groups is 2. The molecule has 0 saturated heterocycles. The van der Waals surface area contributed by atoms with Crippen LogP contribution in [0.15, 0.2) is 79.0 Å². The van der Waals surface area contributed by atoms with Gasteiger partial charge in [-0.3, -0.25) is 9.59 Å². The molecule has 0 aliphatic heterocycles. The standard InChI is InChI=1S/C32H30Cl2N4O3/c33-23-13-11-21(12-14-23)18-22-20-36-38(25-8-4-3-5-9-25)31(22)29-26-16-15-24(34)19-27(26)37-30(29)32(41)35-17-7-2-1-6-10-28(39)40/h3-5,8-9,11-16,19-20,37H,1-2,6-7,10,17-18H2,(H,35,41)(H,39,40). The summed E-state index contributed by atoms with van der Waals surface area (Å²) in [5, 5.41) is 18.7. The Balaban J connectivity index is 1.53. The minimum absolute atomic E-state index is 0.167. The van der Waals surface area contributed by atoms with Gasteiger partial charge in [0.25, 0.3) is 5.91 Å². The van der Waals surface area contributed by atoms with Crippen molar-refractivity contribution in [2.45, 2.75) is 38.5 Å². The molecule has 2 heterocycles. The van der Waals surface area contributed by atoms with Crippen LogP contribution in [0.3, 0.4) is 0 Å². The Kier molecular flexibility index (Phi) is 9.07. The number of hydrogen-bond acceptors (Lipinski definition) is 3. The molecule has 9 heteroatoms. The molecule has 210 valence electrons. The topological polar surface area (TPSA) is 100 Å². The van der Waals surface area contributed by atoms with Gasteiger partial charge in [-0.05, 0) is 54.8 Å². The first-order valence-electron chi connectivity index (χ1n) is 13.6. The van der Waals surface area contributed by atoms with E-state index >= 15 is 0 Å². The number of para-hydroxylation sites is 1. The van der Waals surface area contributed by atoms with Crippen molar-refractivity contribution in [3.8, 4) is 16.9 Å². The smallest absolute Gasteiger partial charge is 0.303 e. The van der Waals surface area contributed by atoms with E-state index in [0.29, 0.717) is 35.1 Å². The number of amides is 1. The number of nitrogens with zero attached hydrogens (tertiary/aromatic N) is 2. The lowest BCUT2D eigenvalue weighted by atomic mass is 9.98. The average Bonchev–Trinajstić information content (AvgIpc) is 3.54. The van der Waals surface area contributed by atoms with Crippen LogP contribution in [-0.4, -0.2) is 38.3 Å². The quantitative estimate of drug-likeness (QED) is 0.130. The van der Waals surface area contributed by atoms with Gasteiger partial charge in [0.05, 0.1) is 17.6 Å². The molecule has 1 amide bonds. The van der Waals surface area contributed by atoms with Gasteiger partial charge in [-0.25, -0.2) is 4.68 Å². The molecular weight excluding hydrogens is 559 g/mol. The molecule has 5 rings (SSSR count). The summed E-state index contributed by atoms with van der Waals surface area (Å²) in [5.41, 5.74) is 5.66. The molecule has 0 aliphatic carbocycles. The first-order chi connectivity index (χ1) is 19.9. The Bertz CT molecular complexity index is 1660. The molecule has 41 heavy (non-hydrogen) atoms. The number of fused-ring (bicyclic) bond motifs is 1. The SMILES string of the molecule is O=C(O)CCCCCCNC(=O)c1[nH]c2cc(Cl)ccc2c1-c1c(Cc2ccc(Cl)cc2)cnn1-c1ccccc1. The minimum Gasteiger partial charge on any atom is -0.481 e. The van der Waals surface area contributed by atoms with Gasteiger partial charge in [0.1, 0.15) is 5.69 Å². The second-order valence-electron chi connectivity index (χ2n) is 9.95. The molecule has 3 aromatic carbocycles. The van der Waals surface area contributed by atoms with Gasteiger partial charge in [0.15, 0.2) is 0 Å². The summed E-state index contributed by atoms with van der Waals surface area (Å²) in [6.07, 6.45) is 5.66. The predicted octanol–water partition coefficient (Wildman–Crippen LogP) is 7.68. The molecular formula is C32H30Cl2N4O3. The molecule has 0 atom stereocenters. The number of nitrogens with one attached hydrogen (secondary N) is 2. The van der Waals surface area contributed by atoms with E-state index in [4.69, 9.17) is 33.4 Å². The summed E-state index contributed by atoms with van der Waals surface area (Å²) in [4.78, 5) is 27.7. The normalized spacial score (nSPS) is 11.2. The zero-order valence-electron chi connectivity index (χ0n) is 22.4. The van der Waals surface area contributed by atoms with Crippen molar-refractivity contribution in [2.75, 3.05) is 6.54 Å². The summed E-state index contributed by atoms with van der Waals surface area (Å²) in [7, 11) is 0. The van der Waals surface area contributed by atoms with Crippen molar-refractivity contribution in [3.63, 3.8) is 0 Å². The third-order valence-electron chi connectivity index (χ3n) is 6.98. The van der Waals surface area contributed by atoms with Crippen molar-refractivity contribution >= 4 is 46.0 Å². The van der Waals surface area contributed by atoms with E-state index in [-0.39, 0.29) is 12.3 Å². The van der Waals surface area contributed by atoms with E-state index in [9.17, 15) is 9.59 Å². The third-order valence-corrected chi connectivity index (χ3v) is 7.47. The minimum atomic E-state index is -0.782. The number of carboxylic acids is 1. The van der Waals surface area contributed by atoms with Crippen molar-refractivity contribution < 1.29 is 14.7 Å². The highest BCUT2D eigenvalue weighted by atomic mass is 35.5. The number of benzene rings is 3.